The normalized spacial score (nSPS) is 17.4. The molecule has 1 saturated heterocycles. The summed E-state index contributed by atoms with van der Waals surface area (Å²) in [5.74, 6) is 0. The van der Waals surface area contributed by atoms with Gasteiger partial charge in [-0.15, -0.1) is 0 Å². The van der Waals surface area contributed by atoms with E-state index in [4.69, 9.17) is 0 Å². The number of H-pyrrole nitrogens is 1. The number of alkyl halides is 3. The number of anilines is 1. The molecule has 1 aliphatic rings. The Labute approximate surface area is 159 Å². The van der Waals surface area contributed by atoms with Gasteiger partial charge in [0.15, 0.2) is 0 Å². The molecule has 0 aliphatic carbocycles. The fourth-order valence-corrected chi connectivity index (χ4v) is 3.90. The molecule has 4 rings (SSSR count). The van der Waals surface area contributed by atoms with Crippen molar-refractivity contribution in [3.8, 4) is 11.3 Å². The second kappa shape index (κ2) is 6.98. The zero-order valence-corrected chi connectivity index (χ0v) is 15.0. The predicted octanol–water partition coefficient (Wildman–Crippen LogP) is 4.18. The third-order valence-corrected chi connectivity index (χ3v) is 5.27. The van der Waals surface area contributed by atoms with E-state index in [1.807, 2.05) is 6.07 Å². The second-order valence-corrected chi connectivity index (χ2v) is 7.00. The number of nitrogens with one attached hydrogen (secondary N) is 1. The molecule has 1 aromatic heterocycles. The topological polar surface area (TPSA) is 56.3 Å². The van der Waals surface area contributed by atoms with Gasteiger partial charge >= 0.3 is 6.18 Å². The summed E-state index contributed by atoms with van der Waals surface area (Å²) < 4.78 is 40.0. The van der Waals surface area contributed by atoms with Crippen LogP contribution in [0.15, 0.2) is 53.3 Å². The van der Waals surface area contributed by atoms with Crippen LogP contribution < -0.4 is 10.5 Å². The number of aliphatic hydroxyl groups is 1. The number of aromatic nitrogens is 1. The lowest BCUT2D eigenvalue weighted by Gasteiger charge is -2.25. The minimum Gasteiger partial charge on any atom is -0.394 e. The zero-order chi connectivity index (χ0) is 19.9. The summed E-state index contributed by atoms with van der Waals surface area (Å²) in [6.45, 7) is 0.841. The molecule has 2 aromatic carbocycles. The molecule has 0 bridgehead atoms. The van der Waals surface area contributed by atoms with Crippen molar-refractivity contribution in [1.29, 1.82) is 0 Å². The summed E-state index contributed by atoms with van der Waals surface area (Å²) in [6, 6.07) is 12.1. The van der Waals surface area contributed by atoms with Crippen LogP contribution in [0.5, 0.6) is 0 Å². The van der Waals surface area contributed by atoms with Gasteiger partial charge in [0, 0.05) is 28.9 Å². The van der Waals surface area contributed by atoms with Crippen LogP contribution in [0.2, 0.25) is 0 Å². The van der Waals surface area contributed by atoms with Crippen molar-refractivity contribution in [2.24, 2.45) is 0 Å². The predicted molar refractivity (Wildman–Crippen MR) is 102 cm³/mol. The Morgan fingerprint density at radius 2 is 1.93 bits per heavy atom. The maximum Gasteiger partial charge on any atom is 0.417 e. The highest BCUT2D eigenvalue weighted by atomic mass is 19.4. The highest BCUT2D eigenvalue weighted by Crippen LogP contribution is 2.37. The number of benzene rings is 2. The first-order chi connectivity index (χ1) is 13.4. The number of halogens is 3. The SMILES string of the molecule is O=c1[nH]c(-c2ccccc2C(F)(F)F)cc2ccc(N3CCCC3CO)cc12. The average Bonchev–Trinajstić information content (AvgIpc) is 3.16. The number of nitrogens with zero attached hydrogens (tertiary/aromatic N) is 1. The summed E-state index contributed by atoms with van der Waals surface area (Å²) in [5.41, 5.74) is -0.320. The van der Waals surface area contributed by atoms with E-state index in [9.17, 15) is 23.1 Å². The Morgan fingerprint density at radius 1 is 1.14 bits per heavy atom. The third-order valence-electron chi connectivity index (χ3n) is 5.27. The first-order valence-corrected chi connectivity index (χ1v) is 9.09. The molecule has 28 heavy (non-hydrogen) atoms. The number of hydrogen-bond acceptors (Lipinski definition) is 3. The summed E-state index contributed by atoms with van der Waals surface area (Å²) in [7, 11) is 0. The lowest BCUT2D eigenvalue weighted by atomic mass is 10.0. The van der Waals surface area contributed by atoms with Crippen molar-refractivity contribution in [3.63, 3.8) is 0 Å². The number of hydrogen-bond donors (Lipinski definition) is 2. The molecule has 146 valence electrons. The molecule has 0 saturated carbocycles. The highest BCUT2D eigenvalue weighted by molar-refractivity contribution is 5.88. The number of aliphatic hydroxyl groups excluding tert-OH is 1. The first-order valence-electron chi connectivity index (χ1n) is 9.09. The van der Waals surface area contributed by atoms with Crippen LogP contribution in [0.3, 0.4) is 0 Å². The highest BCUT2D eigenvalue weighted by Gasteiger charge is 2.33. The van der Waals surface area contributed by atoms with Gasteiger partial charge in [0.25, 0.3) is 5.56 Å². The van der Waals surface area contributed by atoms with E-state index < -0.39 is 17.3 Å². The largest absolute Gasteiger partial charge is 0.417 e. The molecule has 2 heterocycles. The first kappa shape index (κ1) is 18.6. The van der Waals surface area contributed by atoms with Crippen molar-refractivity contribution in [1.82, 2.24) is 4.98 Å². The number of pyridine rings is 1. The number of aromatic amines is 1. The Morgan fingerprint density at radius 3 is 2.68 bits per heavy atom. The molecule has 4 nitrogen and oxygen atoms in total. The molecule has 1 atom stereocenters. The minimum atomic E-state index is -4.51. The van der Waals surface area contributed by atoms with Gasteiger partial charge < -0.3 is 15.0 Å². The molecule has 1 fully saturated rings. The monoisotopic (exact) mass is 388 g/mol. The smallest absolute Gasteiger partial charge is 0.394 e. The molecule has 0 amide bonds. The molecular formula is C21H19F3N2O2. The van der Waals surface area contributed by atoms with Gasteiger partial charge in [-0.25, -0.2) is 0 Å². The fraction of sp³-hybridized carbons (Fsp3) is 0.286. The second-order valence-electron chi connectivity index (χ2n) is 7.00. The van der Waals surface area contributed by atoms with E-state index >= 15 is 0 Å². The molecule has 7 heteroatoms. The quantitative estimate of drug-likeness (QED) is 0.708. The van der Waals surface area contributed by atoms with Gasteiger partial charge in [0.1, 0.15) is 0 Å². The van der Waals surface area contributed by atoms with Crippen LogP contribution in [0.4, 0.5) is 18.9 Å². The van der Waals surface area contributed by atoms with Crippen LogP contribution in [0.1, 0.15) is 18.4 Å². The van der Waals surface area contributed by atoms with Gasteiger partial charge in [-0.1, -0.05) is 24.3 Å². The Hall–Kier alpha value is -2.80. The standard InChI is InChI=1S/C21H19F3N2O2/c22-21(23,24)18-6-2-1-5-16(18)19-10-13-7-8-14(11-17(13)20(28)25-19)26-9-3-4-15(26)12-27/h1-2,5-8,10-11,15,27H,3-4,9,12H2,(H,25,28). The summed E-state index contributed by atoms with van der Waals surface area (Å²) in [5, 5.41) is 10.5. The third kappa shape index (κ3) is 3.26. The van der Waals surface area contributed by atoms with E-state index in [0.717, 1.165) is 31.1 Å². The minimum absolute atomic E-state index is 0.0227. The lowest BCUT2D eigenvalue weighted by molar-refractivity contribution is -0.137. The molecule has 0 spiro atoms. The van der Waals surface area contributed by atoms with Crippen molar-refractivity contribution >= 4 is 16.5 Å². The van der Waals surface area contributed by atoms with Crippen molar-refractivity contribution in [2.75, 3.05) is 18.1 Å². The van der Waals surface area contributed by atoms with Crippen LogP contribution >= 0.6 is 0 Å². The Balaban J connectivity index is 1.81. The lowest BCUT2D eigenvalue weighted by Crippen LogP contribution is -2.32. The van der Waals surface area contributed by atoms with E-state index in [0.29, 0.717) is 10.8 Å². The molecule has 1 unspecified atom stereocenters. The summed E-state index contributed by atoms with van der Waals surface area (Å²) in [4.78, 5) is 17.3. The van der Waals surface area contributed by atoms with Gasteiger partial charge in [0.2, 0.25) is 0 Å². The van der Waals surface area contributed by atoms with Crippen LogP contribution in [0, 0.1) is 0 Å². The van der Waals surface area contributed by atoms with E-state index in [1.54, 1.807) is 18.2 Å². The van der Waals surface area contributed by atoms with Crippen molar-refractivity contribution < 1.29 is 18.3 Å². The summed E-state index contributed by atoms with van der Waals surface area (Å²) in [6.07, 6.45) is -2.66. The zero-order valence-electron chi connectivity index (χ0n) is 15.0. The van der Waals surface area contributed by atoms with E-state index in [2.05, 4.69) is 9.88 Å². The number of fused-ring (bicyclic) bond motifs is 1. The van der Waals surface area contributed by atoms with Gasteiger partial charge in [-0.3, -0.25) is 4.79 Å². The fourth-order valence-electron chi connectivity index (χ4n) is 3.90. The number of rotatable bonds is 3. The molecule has 1 aliphatic heterocycles. The van der Waals surface area contributed by atoms with E-state index in [-0.39, 0.29) is 23.9 Å². The maximum atomic E-state index is 13.3. The van der Waals surface area contributed by atoms with Crippen molar-refractivity contribution in [2.45, 2.75) is 25.1 Å². The average molecular weight is 388 g/mol. The maximum absolute atomic E-state index is 13.3. The van der Waals surface area contributed by atoms with E-state index in [1.165, 1.54) is 18.2 Å². The molecular weight excluding hydrogens is 369 g/mol. The van der Waals surface area contributed by atoms with Crippen molar-refractivity contribution in [3.05, 3.63) is 64.4 Å². The Kier molecular flexibility index (Phi) is 4.63. The van der Waals surface area contributed by atoms with Gasteiger partial charge in [-0.2, -0.15) is 13.2 Å². The van der Waals surface area contributed by atoms with Crippen LogP contribution in [-0.4, -0.2) is 29.3 Å². The van der Waals surface area contributed by atoms with Crippen LogP contribution in [-0.2, 0) is 6.18 Å². The molecule has 3 aromatic rings. The van der Waals surface area contributed by atoms with Gasteiger partial charge in [-0.05, 0) is 42.5 Å². The van der Waals surface area contributed by atoms with Crippen LogP contribution in [0.25, 0.3) is 22.0 Å². The molecule has 0 radical (unpaired) electrons. The Bertz CT molecular complexity index is 1080. The summed E-state index contributed by atoms with van der Waals surface area (Å²) >= 11 is 0. The van der Waals surface area contributed by atoms with Gasteiger partial charge in [0.05, 0.1) is 18.2 Å². The molecule has 2 N–H and O–H groups in total.